The van der Waals surface area contributed by atoms with Crippen molar-refractivity contribution < 1.29 is 19.4 Å². The standard InChI is InChI=1S/C14H14O4/c1-2-14(17,10-6-4-3-5-7-10)12-11(13(15)16)8-9-18-12/h3-9,17H,2H2,1H3,(H,15,16). The monoisotopic (exact) mass is 246 g/mol. The van der Waals surface area contributed by atoms with Crippen LogP contribution >= 0.6 is 0 Å². The molecule has 1 aromatic heterocycles. The van der Waals surface area contributed by atoms with Gasteiger partial charge in [-0.3, -0.25) is 0 Å². The van der Waals surface area contributed by atoms with Gasteiger partial charge in [0.2, 0.25) is 0 Å². The lowest BCUT2D eigenvalue weighted by atomic mass is 9.87. The molecule has 0 spiro atoms. The summed E-state index contributed by atoms with van der Waals surface area (Å²) in [7, 11) is 0. The van der Waals surface area contributed by atoms with E-state index in [4.69, 9.17) is 9.52 Å². The second kappa shape index (κ2) is 4.66. The van der Waals surface area contributed by atoms with Crippen LogP contribution in [0.3, 0.4) is 0 Å². The summed E-state index contributed by atoms with van der Waals surface area (Å²) < 4.78 is 5.21. The smallest absolute Gasteiger partial charge is 0.339 e. The topological polar surface area (TPSA) is 70.7 Å². The highest BCUT2D eigenvalue weighted by molar-refractivity contribution is 5.89. The maximum Gasteiger partial charge on any atom is 0.339 e. The molecule has 4 nitrogen and oxygen atoms in total. The zero-order valence-corrected chi connectivity index (χ0v) is 9.96. The van der Waals surface area contributed by atoms with Crippen molar-refractivity contribution in [3.63, 3.8) is 0 Å². The fourth-order valence-corrected chi connectivity index (χ4v) is 2.01. The minimum Gasteiger partial charge on any atom is -0.478 e. The number of carboxylic acids is 1. The Hall–Kier alpha value is -2.07. The predicted molar refractivity (Wildman–Crippen MR) is 65.4 cm³/mol. The summed E-state index contributed by atoms with van der Waals surface area (Å²) in [5, 5.41) is 19.8. The highest BCUT2D eigenvalue weighted by Gasteiger charge is 2.36. The van der Waals surface area contributed by atoms with Crippen LogP contribution in [0.25, 0.3) is 0 Å². The van der Waals surface area contributed by atoms with E-state index >= 15 is 0 Å². The molecular weight excluding hydrogens is 232 g/mol. The summed E-state index contributed by atoms with van der Waals surface area (Å²) in [6.45, 7) is 1.78. The van der Waals surface area contributed by atoms with Gasteiger partial charge in [0.25, 0.3) is 0 Å². The lowest BCUT2D eigenvalue weighted by Gasteiger charge is -2.25. The zero-order valence-electron chi connectivity index (χ0n) is 9.96. The minimum atomic E-state index is -1.42. The summed E-state index contributed by atoms with van der Waals surface area (Å²) in [5.74, 6) is -1.04. The van der Waals surface area contributed by atoms with Crippen molar-refractivity contribution in [2.24, 2.45) is 0 Å². The SMILES string of the molecule is CCC(O)(c1ccccc1)c1occc1C(=O)O. The van der Waals surface area contributed by atoms with E-state index in [0.29, 0.717) is 12.0 Å². The first-order chi connectivity index (χ1) is 8.59. The lowest BCUT2D eigenvalue weighted by Crippen LogP contribution is -2.27. The highest BCUT2D eigenvalue weighted by atomic mass is 16.4. The second-order valence-corrected chi connectivity index (χ2v) is 4.05. The molecule has 18 heavy (non-hydrogen) atoms. The molecule has 0 saturated heterocycles. The molecule has 0 aliphatic rings. The number of rotatable bonds is 4. The quantitative estimate of drug-likeness (QED) is 0.869. The van der Waals surface area contributed by atoms with Crippen molar-refractivity contribution in [1.29, 1.82) is 0 Å². The van der Waals surface area contributed by atoms with Crippen LogP contribution in [0.15, 0.2) is 47.1 Å². The molecule has 1 aromatic carbocycles. The van der Waals surface area contributed by atoms with Crippen LogP contribution < -0.4 is 0 Å². The zero-order chi connectivity index (χ0) is 13.2. The molecule has 0 radical (unpaired) electrons. The number of benzene rings is 1. The van der Waals surface area contributed by atoms with Gasteiger partial charge in [0.15, 0.2) is 5.76 Å². The molecule has 4 heteroatoms. The molecule has 0 aliphatic heterocycles. The fourth-order valence-electron chi connectivity index (χ4n) is 2.01. The molecule has 1 atom stereocenters. The highest BCUT2D eigenvalue weighted by Crippen LogP contribution is 2.35. The van der Waals surface area contributed by atoms with Crippen LogP contribution in [0.5, 0.6) is 0 Å². The minimum absolute atomic E-state index is 0.0109. The number of aliphatic hydroxyl groups is 1. The van der Waals surface area contributed by atoms with Crippen molar-refractivity contribution in [3.05, 3.63) is 59.5 Å². The lowest BCUT2D eigenvalue weighted by molar-refractivity contribution is 0.0473. The largest absolute Gasteiger partial charge is 0.478 e. The number of carboxylic acid groups (broad SMARTS) is 1. The van der Waals surface area contributed by atoms with Gasteiger partial charge in [0.1, 0.15) is 11.2 Å². The molecule has 0 bridgehead atoms. The van der Waals surface area contributed by atoms with E-state index in [2.05, 4.69) is 0 Å². The van der Waals surface area contributed by atoms with Gasteiger partial charge in [-0.2, -0.15) is 0 Å². The Balaban J connectivity index is 2.57. The number of furan rings is 1. The first-order valence-electron chi connectivity index (χ1n) is 5.68. The van der Waals surface area contributed by atoms with E-state index in [9.17, 15) is 9.90 Å². The van der Waals surface area contributed by atoms with Crippen LogP contribution in [-0.2, 0) is 5.60 Å². The molecule has 1 heterocycles. The average molecular weight is 246 g/mol. The fraction of sp³-hybridized carbons (Fsp3) is 0.214. The Morgan fingerprint density at radius 2 is 1.94 bits per heavy atom. The maximum absolute atomic E-state index is 11.1. The molecule has 2 rings (SSSR count). The van der Waals surface area contributed by atoms with Gasteiger partial charge in [-0.25, -0.2) is 4.79 Å². The summed E-state index contributed by atoms with van der Waals surface area (Å²) in [4.78, 5) is 11.1. The van der Waals surface area contributed by atoms with Gasteiger partial charge >= 0.3 is 5.97 Å². The molecule has 0 aliphatic carbocycles. The Labute approximate surface area is 104 Å². The van der Waals surface area contributed by atoms with Crippen molar-refractivity contribution >= 4 is 5.97 Å². The molecule has 2 aromatic rings. The van der Waals surface area contributed by atoms with E-state index in [1.807, 2.05) is 6.07 Å². The van der Waals surface area contributed by atoms with Crippen LogP contribution in [0, 0.1) is 0 Å². The Morgan fingerprint density at radius 3 is 2.50 bits per heavy atom. The molecule has 0 fully saturated rings. The summed E-state index contributed by atoms with van der Waals surface area (Å²) in [6, 6.07) is 10.3. The van der Waals surface area contributed by atoms with Crippen molar-refractivity contribution in [1.82, 2.24) is 0 Å². The normalized spacial score (nSPS) is 14.1. The van der Waals surface area contributed by atoms with Gasteiger partial charge in [-0.15, -0.1) is 0 Å². The van der Waals surface area contributed by atoms with Gasteiger partial charge in [0.05, 0.1) is 6.26 Å². The van der Waals surface area contributed by atoms with Gasteiger partial charge < -0.3 is 14.6 Å². The van der Waals surface area contributed by atoms with E-state index in [-0.39, 0.29) is 11.3 Å². The summed E-state index contributed by atoms with van der Waals surface area (Å²) >= 11 is 0. The van der Waals surface area contributed by atoms with Crippen LogP contribution in [0.1, 0.15) is 35.0 Å². The van der Waals surface area contributed by atoms with E-state index in [1.165, 1.54) is 12.3 Å². The van der Waals surface area contributed by atoms with Gasteiger partial charge in [-0.05, 0) is 18.1 Å². The molecule has 0 saturated carbocycles. The third-order valence-corrected chi connectivity index (χ3v) is 3.03. The Morgan fingerprint density at radius 1 is 1.28 bits per heavy atom. The molecule has 1 unspecified atom stereocenters. The van der Waals surface area contributed by atoms with Crippen LogP contribution in [-0.4, -0.2) is 16.2 Å². The van der Waals surface area contributed by atoms with Crippen LogP contribution in [0.4, 0.5) is 0 Å². The van der Waals surface area contributed by atoms with E-state index in [0.717, 1.165) is 0 Å². The molecular formula is C14H14O4. The summed E-state index contributed by atoms with van der Waals surface area (Å²) in [5.41, 5.74) is -0.813. The Bertz CT molecular complexity index is 544. The van der Waals surface area contributed by atoms with Gasteiger partial charge in [-0.1, -0.05) is 37.3 Å². The second-order valence-electron chi connectivity index (χ2n) is 4.05. The summed E-state index contributed by atoms with van der Waals surface area (Å²) in [6.07, 6.45) is 1.60. The number of aromatic carboxylic acids is 1. The van der Waals surface area contributed by atoms with Crippen LogP contribution in [0.2, 0.25) is 0 Å². The van der Waals surface area contributed by atoms with Crippen molar-refractivity contribution in [3.8, 4) is 0 Å². The first kappa shape index (κ1) is 12.4. The number of carbonyl (C=O) groups is 1. The van der Waals surface area contributed by atoms with Gasteiger partial charge in [0, 0.05) is 0 Å². The third-order valence-electron chi connectivity index (χ3n) is 3.03. The number of hydrogen-bond acceptors (Lipinski definition) is 3. The molecule has 2 N–H and O–H groups in total. The third kappa shape index (κ3) is 1.91. The predicted octanol–water partition coefficient (Wildman–Crippen LogP) is 2.62. The van der Waals surface area contributed by atoms with Crippen molar-refractivity contribution in [2.45, 2.75) is 18.9 Å². The maximum atomic E-state index is 11.1. The Kier molecular flexibility index (Phi) is 3.21. The first-order valence-corrected chi connectivity index (χ1v) is 5.68. The molecule has 94 valence electrons. The average Bonchev–Trinajstić information content (AvgIpc) is 2.89. The molecule has 0 amide bonds. The van der Waals surface area contributed by atoms with Crippen molar-refractivity contribution in [2.75, 3.05) is 0 Å². The van der Waals surface area contributed by atoms with E-state index in [1.54, 1.807) is 31.2 Å². The van der Waals surface area contributed by atoms with E-state index < -0.39 is 11.6 Å². The number of hydrogen-bond donors (Lipinski definition) is 2.